The number of nitrogens with one attached hydrogen (secondary N) is 1. The van der Waals surface area contributed by atoms with E-state index in [4.69, 9.17) is 9.72 Å². The summed E-state index contributed by atoms with van der Waals surface area (Å²) in [5.41, 5.74) is 0.953. The maximum atomic E-state index is 14.5. The number of aliphatic hydroxyl groups excluding tert-OH is 2. The van der Waals surface area contributed by atoms with E-state index in [0.717, 1.165) is 66.8 Å². The summed E-state index contributed by atoms with van der Waals surface area (Å²) in [4.78, 5) is 19.1. The standard InChI is InChI=1S/C41H51F5N2O4S/c1-5-6-9-27-21-47-38(53-27)41(17-18-41)31(52-39(51)48-37-35(45)33(43)32(42)34(44)36(37)46)15-10-22(2)28-13-14-29-24(8-7-16-40(28,29)4)11-12-25-19-26(49)20-30(50)23(25)3/h11-12,21-22,26,28-31,49-50H,3,5-10,13-20H2,1-2,4H3,(H,48,51)/t22-,26-,28-,29+,30+,31-,40-/m1/s1. The Morgan fingerprint density at radius 1 is 1.08 bits per heavy atom. The molecule has 4 aliphatic carbocycles. The van der Waals surface area contributed by atoms with Crippen molar-refractivity contribution in [3.8, 4) is 0 Å². The molecule has 7 atom stereocenters. The summed E-state index contributed by atoms with van der Waals surface area (Å²) < 4.78 is 76.5. The molecule has 4 aliphatic rings. The molecule has 6 rings (SSSR count). The van der Waals surface area contributed by atoms with Crippen LogP contribution < -0.4 is 5.32 Å². The number of unbranched alkanes of at least 4 members (excludes halogenated alkanes) is 1. The lowest BCUT2D eigenvalue weighted by atomic mass is 9.60. The van der Waals surface area contributed by atoms with E-state index in [0.29, 0.717) is 55.9 Å². The van der Waals surface area contributed by atoms with Gasteiger partial charge in [0.1, 0.15) is 16.8 Å². The van der Waals surface area contributed by atoms with Gasteiger partial charge in [0, 0.05) is 17.5 Å². The van der Waals surface area contributed by atoms with Crippen LogP contribution in [0.3, 0.4) is 0 Å². The lowest BCUT2D eigenvalue weighted by Gasteiger charge is -2.44. The molecule has 4 fully saturated rings. The lowest BCUT2D eigenvalue weighted by Crippen LogP contribution is -2.37. The molecule has 2 aromatic rings. The van der Waals surface area contributed by atoms with Crippen molar-refractivity contribution >= 4 is 23.1 Å². The summed E-state index contributed by atoms with van der Waals surface area (Å²) in [7, 11) is 0. The van der Waals surface area contributed by atoms with Gasteiger partial charge < -0.3 is 14.9 Å². The number of benzene rings is 1. The van der Waals surface area contributed by atoms with Crippen molar-refractivity contribution < 1.29 is 41.7 Å². The molecule has 0 saturated heterocycles. The molecule has 53 heavy (non-hydrogen) atoms. The van der Waals surface area contributed by atoms with Crippen LogP contribution in [0, 0.1) is 52.3 Å². The summed E-state index contributed by atoms with van der Waals surface area (Å²) in [6, 6.07) is 0. The zero-order valence-electron chi connectivity index (χ0n) is 30.8. The molecule has 290 valence electrons. The number of hydrogen-bond acceptors (Lipinski definition) is 6. The van der Waals surface area contributed by atoms with Crippen LogP contribution in [-0.4, -0.2) is 39.6 Å². The monoisotopic (exact) mass is 762 g/mol. The van der Waals surface area contributed by atoms with Crippen LogP contribution in [0.1, 0.15) is 114 Å². The number of aryl methyl sites for hydroxylation is 1. The number of nitrogens with zero attached hydrogens (tertiary/aromatic N) is 1. The topological polar surface area (TPSA) is 91.7 Å². The highest BCUT2D eigenvalue weighted by Gasteiger charge is 2.56. The van der Waals surface area contributed by atoms with Gasteiger partial charge in [-0.1, -0.05) is 51.5 Å². The number of carbonyl (C=O) groups is 1. The summed E-state index contributed by atoms with van der Waals surface area (Å²) in [5.74, 6) is -9.86. The molecule has 1 aromatic carbocycles. The molecule has 3 N–H and O–H groups in total. The molecule has 1 amide bonds. The zero-order chi connectivity index (χ0) is 38.2. The predicted octanol–water partition coefficient (Wildman–Crippen LogP) is 10.4. The Balaban J connectivity index is 1.20. The third-order valence-corrected chi connectivity index (χ3v) is 14.0. The lowest BCUT2D eigenvalue weighted by molar-refractivity contribution is 0.0590. The molecule has 0 bridgehead atoms. The second kappa shape index (κ2) is 15.9. The van der Waals surface area contributed by atoms with Crippen LogP contribution in [0.2, 0.25) is 0 Å². The molecule has 0 aliphatic heterocycles. The molecule has 0 radical (unpaired) electrons. The van der Waals surface area contributed by atoms with Gasteiger partial charge in [-0.3, -0.25) is 5.32 Å². The first kappa shape index (κ1) is 39.6. The maximum Gasteiger partial charge on any atom is 0.412 e. The first-order valence-corrected chi connectivity index (χ1v) is 19.9. The first-order valence-electron chi connectivity index (χ1n) is 19.1. The number of amides is 1. The van der Waals surface area contributed by atoms with Crippen molar-refractivity contribution in [2.75, 3.05) is 5.32 Å². The number of rotatable bonds is 12. The van der Waals surface area contributed by atoms with Gasteiger partial charge >= 0.3 is 6.09 Å². The molecule has 0 unspecified atom stereocenters. The fourth-order valence-electron chi connectivity index (χ4n) is 9.53. The quantitative estimate of drug-likeness (QED) is 0.114. The minimum absolute atomic E-state index is 0.0465. The summed E-state index contributed by atoms with van der Waals surface area (Å²) >= 11 is 1.57. The Morgan fingerprint density at radius 2 is 1.77 bits per heavy atom. The minimum atomic E-state index is -2.30. The van der Waals surface area contributed by atoms with Gasteiger partial charge in [0.05, 0.1) is 17.6 Å². The average molecular weight is 763 g/mol. The van der Waals surface area contributed by atoms with E-state index in [2.05, 4.69) is 33.4 Å². The Hall–Kier alpha value is -3.09. The number of allylic oxidation sites excluding steroid dienone is 3. The molecule has 12 heteroatoms. The van der Waals surface area contributed by atoms with E-state index in [-0.39, 0.29) is 11.3 Å². The Bertz CT molecular complexity index is 1740. The van der Waals surface area contributed by atoms with Gasteiger partial charge in [-0.2, -0.15) is 0 Å². The van der Waals surface area contributed by atoms with E-state index < -0.39 is 64.6 Å². The molecular formula is C41H51F5N2O4S. The van der Waals surface area contributed by atoms with Crippen LogP contribution in [0.5, 0.6) is 0 Å². The molecule has 0 spiro atoms. The average Bonchev–Trinajstić information content (AvgIpc) is 3.65. The van der Waals surface area contributed by atoms with Gasteiger partial charge in [0.15, 0.2) is 23.3 Å². The third-order valence-electron chi connectivity index (χ3n) is 12.7. The van der Waals surface area contributed by atoms with Gasteiger partial charge in [-0.25, -0.2) is 31.7 Å². The van der Waals surface area contributed by atoms with Crippen molar-refractivity contribution in [3.05, 3.63) is 80.6 Å². The highest BCUT2D eigenvalue weighted by Crippen LogP contribution is 2.61. The van der Waals surface area contributed by atoms with Crippen molar-refractivity contribution in [3.63, 3.8) is 0 Å². The smallest absolute Gasteiger partial charge is 0.412 e. The van der Waals surface area contributed by atoms with Gasteiger partial charge in [0.2, 0.25) is 5.82 Å². The van der Waals surface area contributed by atoms with Crippen molar-refractivity contribution in [1.29, 1.82) is 0 Å². The summed E-state index contributed by atoms with van der Waals surface area (Å²) in [6.07, 6.45) is 14.1. The SMILES string of the molecule is C=C1C(=CC=C2CCC[C@]3(C)[C@@H]([C@H](C)CC[C@@H](OC(=O)Nc4c(F)c(F)c(F)c(F)c4F)C4(c5ncc(CCCC)s5)CC4)CC[C@@H]23)C[C@@H](O)C[C@@H]1O. The highest BCUT2D eigenvalue weighted by molar-refractivity contribution is 7.11. The maximum absolute atomic E-state index is 14.5. The predicted molar refractivity (Wildman–Crippen MR) is 195 cm³/mol. The number of anilines is 1. The molecule has 4 saturated carbocycles. The van der Waals surface area contributed by atoms with Crippen LogP contribution in [0.4, 0.5) is 32.4 Å². The Labute approximate surface area is 312 Å². The summed E-state index contributed by atoms with van der Waals surface area (Å²) in [5, 5.41) is 23.2. The normalized spacial score (nSPS) is 29.3. The van der Waals surface area contributed by atoms with Crippen molar-refractivity contribution in [2.45, 2.75) is 134 Å². The Morgan fingerprint density at radius 3 is 2.45 bits per heavy atom. The first-order chi connectivity index (χ1) is 25.2. The third kappa shape index (κ3) is 7.87. The van der Waals surface area contributed by atoms with Crippen molar-refractivity contribution in [2.24, 2.45) is 23.2 Å². The number of aliphatic hydroxyl groups is 2. The van der Waals surface area contributed by atoms with E-state index in [1.54, 1.807) is 11.3 Å². The van der Waals surface area contributed by atoms with E-state index in [9.17, 15) is 37.0 Å². The number of thiazole rings is 1. The van der Waals surface area contributed by atoms with Crippen LogP contribution in [-0.2, 0) is 16.6 Å². The second-order valence-corrected chi connectivity index (χ2v) is 17.2. The van der Waals surface area contributed by atoms with Crippen LogP contribution >= 0.6 is 11.3 Å². The zero-order valence-corrected chi connectivity index (χ0v) is 31.6. The number of halogens is 5. The molecule has 1 heterocycles. The number of hydrogen-bond donors (Lipinski definition) is 3. The largest absolute Gasteiger partial charge is 0.445 e. The van der Waals surface area contributed by atoms with Gasteiger partial charge in [-0.15, -0.1) is 11.3 Å². The van der Waals surface area contributed by atoms with Crippen molar-refractivity contribution in [1.82, 2.24) is 4.98 Å². The second-order valence-electron chi connectivity index (χ2n) is 16.1. The number of ether oxygens (including phenoxy) is 1. The van der Waals surface area contributed by atoms with Gasteiger partial charge in [-0.05, 0) is 111 Å². The summed E-state index contributed by atoms with van der Waals surface area (Å²) in [6.45, 7) is 10.8. The number of aromatic nitrogens is 1. The van der Waals surface area contributed by atoms with Crippen LogP contribution in [0.15, 0.2) is 41.6 Å². The van der Waals surface area contributed by atoms with E-state index in [1.165, 1.54) is 5.57 Å². The number of carbonyl (C=O) groups excluding carboxylic acids is 1. The molecule has 6 nitrogen and oxygen atoms in total. The molecule has 1 aromatic heterocycles. The number of fused-ring (bicyclic) bond motifs is 1. The van der Waals surface area contributed by atoms with E-state index in [1.807, 2.05) is 17.6 Å². The molecular weight excluding hydrogens is 712 g/mol. The van der Waals surface area contributed by atoms with E-state index >= 15 is 0 Å². The van der Waals surface area contributed by atoms with Gasteiger partial charge in [0.25, 0.3) is 0 Å². The van der Waals surface area contributed by atoms with Crippen LogP contribution in [0.25, 0.3) is 0 Å². The fraction of sp³-hybridized carbons (Fsp3) is 0.610. The minimum Gasteiger partial charge on any atom is -0.445 e. The Kier molecular flexibility index (Phi) is 11.9. The fourth-order valence-corrected chi connectivity index (χ4v) is 10.8. The highest BCUT2D eigenvalue weighted by atomic mass is 32.1.